The van der Waals surface area contributed by atoms with Crippen LogP contribution in [0.25, 0.3) is 0 Å². The topological polar surface area (TPSA) is 66.8 Å². The van der Waals surface area contributed by atoms with Gasteiger partial charge in [0, 0.05) is 0 Å². The molecule has 0 saturated heterocycles. The molecule has 0 bridgehead atoms. The van der Waals surface area contributed by atoms with E-state index in [0.717, 1.165) is 12.1 Å². The second-order valence-electron chi connectivity index (χ2n) is 2.93. The number of carbonyl (C=O) groups is 1. The highest BCUT2D eigenvalue weighted by Crippen LogP contribution is 2.36. The van der Waals surface area contributed by atoms with Crippen molar-refractivity contribution >= 4 is 29.2 Å². The normalized spacial score (nSPS) is 12.6. The van der Waals surface area contributed by atoms with Gasteiger partial charge in [-0.15, -0.1) is 0 Å². The average molecular weight is 287 g/mol. The van der Waals surface area contributed by atoms with Crippen LogP contribution in [-0.2, 0) is 4.79 Å². The predicted molar refractivity (Wildman–Crippen MR) is 55.7 cm³/mol. The van der Waals surface area contributed by atoms with E-state index in [0.29, 0.717) is 0 Å². The fourth-order valence-electron chi connectivity index (χ4n) is 1.08. The van der Waals surface area contributed by atoms with E-state index in [1.165, 1.54) is 0 Å². The Morgan fingerprint density at radius 2 is 1.76 bits per heavy atom. The first-order chi connectivity index (χ1) is 7.82. The summed E-state index contributed by atoms with van der Waals surface area (Å²) in [5.41, 5.74) is -0.130. The Balaban J connectivity index is 3.13. The summed E-state index contributed by atoms with van der Waals surface area (Å²) in [6.07, 6.45) is -1.84. The van der Waals surface area contributed by atoms with Crippen LogP contribution in [0.1, 0.15) is 11.7 Å². The minimum Gasteiger partial charge on any atom is -0.479 e. The molecule has 1 aromatic carbocycles. The van der Waals surface area contributed by atoms with Crippen LogP contribution in [0.15, 0.2) is 12.1 Å². The zero-order chi connectivity index (χ0) is 13.2. The van der Waals surface area contributed by atoms with E-state index in [9.17, 15) is 18.7 Å². The molecule has 0 aliphatic heterocycles. The Bertz CT molecular complexity index is 416. The van der Waals surface area contributed by atoms with Crippen molar-refractivity contribution in [2.75, 3.05) is 0 Å². The number of alkyl halides is 2. The number of hydrogen-bond acceptors (Lipinski definition) is 3. The van der Waals surface area contributed by atoms with E-state index in [-0.39, 0.29) is 15.6 Å². The lowest BCUT2D eigenvalue weighted by Gasteiger charge is -2.12. The molecule has 2 N–H and O–H groups in total. The van der Waals surface area contributed by atoms with E-state index in [1.807, 2.05) is 0 Å². The largest absolute Gasteiger partial charge is 0.479 e. The van der Waals surface area contributed by atoms with Crippen molar-refractivity contribution in [2.24, 2.45) is 0 Å². The lowest BCUT2D eigenvalue weighted by Crippen LogP contribution is -2.11. The third-order valence-corrected chi connectivity index (χ3v) is 2.34. The Morgan fingerprint density at radius 3 is 2.12 bits per heavy atom. The van der Waals surface area contributed by atoms with Crippen LogP contribution in [0.3, 0.4) is 0 Å². The SMILES string of the molecule is O=C(O)[C@H](O)c1cc(Cl)c(OC(F)F)c(Cl)c1. The van der Waals surface area contributed by atoms with Crippen molar-refractivity contribution < 1.29 is 28.5 Å². The van der Waals surface area contributed by atoms with Gasteiger partial charge in [-0.3, -0.25) is 0 Å². The van der Waals surface area contributed by atoms with Crippen molar-refractivity contribution in [1.82, 2.24) is 0 Å². The summed E-state index contributed by atoms with van der Waals surface area (Å²) in [4.78, 5) is 10.5. The molecule has 0 aromatic heterocycles. The number of benzene rings is 1. The summed E-state index contributed by atoms with van der Waals surface area (Å²) in [5.74, 6) is -1.98. The van der Waals surface area contributed by atoms with E-state index >= 15 is 0 Å². The first kappa shape index (κ1) is 14.0. The molecule has 17 heavy (non-hydrogen) atoms. The molecule has 0 spiro atoms. The van der Waals surface area contributed by atoms with Gasteiger partial charge in [-0.1, -0.05) is 23.2 Å². The molecule has 94 valence electrons. The van der Waals surface area contributed by atoms with Crippen LogP contribution in [0.2, 0.25) is 10.0 Å². The minimum atomic E-state index is -3.11. The maximum atomic E-state index is 12.0. The van der Waals surface area contributed by atoms with Gasteiger partial charge < -0.3 is 14.9 Å². The number of ether oxygens (including phenoxy) is 1. The fourth-order valence-corrected chi connectivity index (χ4v) is 1.67. The second kappa shape index (κ2) is 5.48. The standard InChI is InChI=1S/C9H6Cl2F2O4/c10-4-1-3(6(14)8(15)16)2-5(11)7(4)17-9(12)13/h1-2,6,9,14H,(H,15,16)/t6-/m1/s1. The second-order valence-corrected chi connectivity index (χ2v) is 3.75. The molecule has 0 unspecified atom stereocenters. The summed E-state index contributed by atoms with van der Waals surface area (Å²) < 4.78 is 28.0. The molecule has 4 nitrogen and oxygen atoms in total. The lowest BCUT2D eigenvalue weighted by molar-refractivity contribution is -0.146. The van der Waals surface area contributed by atoms with Crippen LogP contribution < -0.4 is 4.74 Å². The molecule has 0 aliphatic rings. The van der Waals surface area contributed by atoms with Gasteiger partial charge in [-0.2, -0.15) is 8.78 Å². The summed E-state index contributed by atoms with van der Waals surface area (Å²) in [5, 5.41) is 17.1. The Hall–Kier alpha value is -1.11. The molecular weight excluding hydrogens is 281 g/mol. The van der Waals surface area contributed by atoms with Gasteiger partial charge in [0.1, 0.15) is 0 Å². The van der Waals surface area contributed by atoms with Gasteiger partial charge >= 0.3 is 12.6 Å². The molecule has 0 amide bonds. The number of aliphatic hydroxyl groups excluding tert-OH is 1. The van der Waals surface area contributed by atoms with Crippen molar-refractivity contribution in [1.29, 1.82) is 0 Å². The monoisotopic (exact) mass is 286 g/mol. The first-order valence-electron chi connectivity index (χ1n) is 4.17. The molecule has 0 fully saturated rings. The van der Waals surface area contributed by atoms with Crippen LogP contribution in [0.4, 0.5) is 8.78 Å². The van der Waals surface area contributed by atoms with Crippen LogP contribution in [0, 0.1) is 0 Å². The highest BCUT2D eigenvalue weighted by atomic mass is 35.5. The maximum Gasteiger partial charge on any atom is 0.387 e. The number of aliphatic carboxylic acids is 1. The molecule has 1 atom stereocenters. The fraction of sp³-hybridized carbons (Fsp3) is 0.222. The van der Waals surface area contributed by atoms with E-state index in [1.54, 1.807) is 0 Å². The zero-order valence-corrected chi connectivity index (χ0v) is 9.54. The lowest BCUT2D eigenvalue weighted by atomic mass is 10.1. The van der Waals surface area contributed by atoms with Crippen molar-refractivity contribution in [3.05, 3.63) is 27.7 Å². The average Bonchev–Trinajstić information content (AvgIpc) is 2.21. The highest BCUT2D eigenvalue weighted by molar-refractivity contribution is 6.37. The molecule has 1 aromatic rings. The quantitative estimate of drug-likeness (QED) is 0.893. The van der Waals surface area contributed by atoms with Gasteiger partial charge in [-0.05, 0) is 17.7 Å². The van der Waals surface area contributed by atoms with Crippen LogP contribution in [0.5, 0.6) is 5.75 Å². The Morgan fingerprint density at radius 1 is 1.29 bits per heavy atom. The van der Waals surface area contributed by atoms with Crippen LogP contribution in [-0.4, -0.2) is 22.8 Å². The first-order valence-corrected chi connectivity index (χ1v) is 4.93. The number of aliphatic hydroxyl groups is 1. The van der Waals surface area contributed by atoms with Crippen LogP contribution >= 0.6 is 23.2 Å². The van der Waals surface area contributed by atoms with Crippen molar-refractivity contribution in [3.8, 4) is 5.75 Å². The Labute approximate surface area is 104 Å². The summed E-state index contributed by atoms with van der Waals surface area (Å²) in [7, 11) is 0. The van der Waals surface area contributed by atoms with E-state index < -0.39 is 24.4 Å². The van der Waals surface area contributed by atoms with Gasteiger partial charge in [-0.25, -0.2) is 4.79 Å². The smallest absolute Gasteiger partial charge is 0.387 e. The molecule has 8 heteroatoms. The number of halogens is 4. The van der Waals surface area contributed by atoms with Gasteiger partial charge in [0.2, 0.25) is 0 Å². The zero-order valence-electron chi connectivity index (χ0n) is 8.03. The molecule has 0 radical (unpaired) electrons. The van der Waals surface area contributed by atoms with E-state index in [4.69, 9.17) is 28.3 Å². The van der Waals surface area contributed by atoms with Gasteiger partial charge in [0.05, 0.1) is 10.0 Å². The minimum absolute atomic E-state index is 0.130. The molecule has 0 saturated carbocycles. The molecule has 0 heterocycles. The Kier molecular flexibility index (Phi) is 4.50. The van der Waals surface area contributed by atoms with Crippen molar-refractivity contribution in [2.45, 2.75) is 12.7 Å². The summed E-state index contributed by atoms with van der Waals surface area (Å²) >= 11 is 11.2. The van der Waals surface area contributed by atoms with E-state index in [2.05, 4.69) is 4.74 Å². The van der Waals surface area contributed by atoms with Crippen molar-refractivity contribution in [3.63, 3.8) is 0 Å². The van der Waals surface area contributed by atoms with Gasteiger partial charge in [0.15, 0.2) is 11.9 Å². The number of carboxylic acids is 1. The third-order valence-electron chi connectivity index (χ3n) is 1.78. The molecular formula is C9H6Cl2F2O4. The van der Waals surface area contributed by atoms with Gasteiger partial charge in [0.25, 0.3) is 0 Å². The number of hydrogen-bond donors (Lipinski definition) is 2. The summed E-state index contributed by atoms with van der Waals surface area (Å²) in [6, 6.07) is 1.98. The highest BCUT2D eigenvalue weighted by Gasteiger charge is 2.21. The summed E-state index contributed by atoms with van der Waals surface area (Å²) in [6.45, 7) is -3.11. The third kappa shape index (κ3) is 3.42. The predicted octanol–water partition coefficient (Wildman–Crippen LogP) is 2.71. The number of rotatable bonds is 4. The number of carboxylic acid groups (broad SMARTS) is 1. The molecule has 1 rings (SSSR count). The maximum absolute atomic E-state index is 12.0. The molecule has 0 aliphatic carbocycles.